The van der Waals surface area contributed by atoms with E-state index in [0.717, 1.165) is 5.56 Å². The van der Waals surface area contributed by atoms with Gasteiger partial charge in [-0.3, -0.25) is 4.79 Å². The molecule has 1 atom stereocenters. The summed E-state index contributed by atoms with van der Waals surface area (Å²) in [6.07, 6.45) is 0. The summed E-state index contributed by atoms with van der Waals surface area (Å²) in [6.45, 7) is 6.59. The van der Waals surface area contributed by atoms with Crippen molar-refractivity contribution in [3.05, 3.63) is 35.9 Å². The standard InChI is InChI=1S/C16H25N3O3/c1-5-22-11-16(2,3)19-15(21)18-13(14(20)17-4)12-9-7-6-8-10-12/h6-10,13H,5,11H2,1-4H3,(H,17,20)(H2,18,19,21). The van der Waals surface area contributed by atoms with E-state index in [1.54, 1.807) is 12.1 Å². The maximum Gasteiger partial charge on any atom is 0.316 e. The van der Waals surface area contributed by atoms with Crippen LogP contribution in [0, 0.1) is 0 Å². The van der Waals surface area contributed by atoms with Gasteiger partial charge in [0.2, 0.25) is 5.91 Å². The Labute approximate surface area is 131 Å². The van der Waals surface area contributed by atoms with E-state index in [2.05, 4.69) is 16.0 Å². The minimum Gasteiger partial charge on any atom is -0.379 e. The van der Waals surface area contributed by atoms with Crippen LogP contribution < -0.4 is 16.0 Å². The van der Waals surface area contributed by atoms with Gasteiger partial charge in [-0.15, -0.1) is 0 Å². The van der Waals surface area contributed by atoms with E-state index in [9.17, 15) is 9.59 Å². The van der Waals surface area contributed by atoms with Gasteiger partial charge >= 0.3 is 6.03 Å². The minimum absolute atomic E-state index is 0.274. The zero-order valence-corrected chi connectivity index (χ0v) is 13.6. The lowest BCUT2D eigenvalue weighted by Gasteiger charge is -2.27. The van der Waals surface area contributed by atoms with Crippen LogP contribution in [-0.4, -0.2) is 37.7 Å². The van der Waals surface area contributed by atoms with Crippen LogP contribution in [0.2, 0.25) is 0 Å². The Bertz CT molecular complexity index is 489. The van der Waals surface area contributed by atoms with Gasteiger partial charge in [-0.2, -0.15) is 0 Å². The van der Waals surface area contributed by atoms with Gasteiger partial charge < -0.3 is 20.7 Å². The molecule has 0 aromatic heterocycles. The molecule has 0 radical (unpaired) electrons. The van der Waals surface area contributed by atoms with E-state index in [-0.39, 0.29) is 5.91 Å². The van der Waals surface area contributed by atoms with Gasteiger partial charge in [-0.25, -0.2) is 4.79 Å². The number of hydrogen-bond acceptors (Lipinski definition) is 3. The number of hydrogen-bond donors (Lipinski definition) is 3. The third-order valence-electron chi connectivity index (χ3n) is 3.04. The fraction of sp³-hybridized carbons (Fsp3) is 0.500. The first-order chi connectivity index (χ1) is 10.4. The van der Waals surface area contributed by atoms with Crippen molar-refractivity contribution >= 4 is 11.9 Å². The first-order valence-corrected chi connectivity index (χ1v) is 7.32. The van der Waals surface area contributed by atoms with E-state index < -0.39 is 17.6 Å². The van der Waals surface area contributed by atoms with Crippen molar-refractivity contribution in [3.63, 3.8) is 0 Å². The molecule has 0 bridgehead atoms. The van der Waals surface area contributed by atoms with Crippen LogP contribution in [0.15, 0.2) is 30.3 Å². The van der Waals surface area contributed by atoms with Crippen molar-refractivity contribution in [2.45, 2.75) is 32.4 Å². The summed E-state index contributed by atoms with van der Waals surface area (Å²) in [4.78, 5) is 24.2. The summed E-state index contributed by atoms with van der Waals surface area (Å²) in [5, 5.41) is 8.07. The average molecular weight is 307 g/mol. The number of rotatable bonds is 7. The first kappa shape index (κ1) is 18.0. The lowest BCUT2D eigenvalue weighted by molar-refractivity contribution is -0.122. The minimum atomic E-state index is -0.742. The molecule has 0 saturated carbocycles. The molecule has 0 spiro atoms. The third-order valence-corrected chi connectivity index (χ3v) is 3.04. The summed E-state index contributed by atoms with van der Waals surface area (Å²) >= 11 is 0. The average Bonchev–Trinajstić information content (AvgIpc) is 2.50. The van der Waals surface area contributed by atoms with Gasteiger partial charge in [0.15, 0.2) is 0 Å². The van der Waals surface area contributed by atoms with E-state index in [1.807, 2.05) is 39.0 Å². The maximum atomic E-state index is 12.2. The number of benzene rings is 1. The van der Waals surface area contributed by atoms with E-state index >= 15 is 0 Å². The van der Waals surface area contributed by atoms with E-state index in [4.69, 9.17) is 4.74 Å². The molecule has 0 fully saturated rings. The summed E-state index contributed by atoms with van der Waals surface area (Å²) in [5.41, 5.74) is 0.198. The van der Waals surface area contributed by atoms with Gasteiger partial charge in [0.25, 0.3) is 0 Å². The van der Waals surface area contributed by atoms with Crippen LogP contribution in [0.1, 0.15) is 32.4 Å². The fourth-order valence-corrected chi connectivity index (χ4v) is 1.96. The summed E-state index contributed by atoms with van der Waals surface area (Å²) in [7, 11) is 1.54. The van der Waals surface area contributed by atoms with Gasteiger partial charge in [0, 0.05) is 13.7 Å². The van der Waals surface area contributed by atoms with Gasteiger partial charge in [-0.1, -0.05) is 30.3 Å². The summed E-state index contributed by atoms with van der Waals surface area (Å²) in [5.74, 6) is -0.274. The summed E-state index contributed by atoms with van der Waals surface area (Å²) < 4.78 is 5.34. The van der Waals surface area contributed by atoms with Gasteiger partial charge in [-0.05, 0) is 26.3 Å². The van der Waals surface area contributed by atoms with E-state index in [1.165, 1.54) is 7.05 Å². The van der Waals surface area contributed by atoms with Crippen LogP contribution in [0.5, 0.6) is 0 Å². The highest BCUT2D eigenvalue weighted by molar-refractivity contribution is 5.88. The van der Waals surface area contributed by atoms with Crippen LogP contribution in [0.4, 0.5) is 4.79 Å². The molecule has 3 N–H and O–H groups in total. The van der Waals surface area contributed by atoms with Crippen LogP contribution in [0.25, 0.3) is 0 Å². The van der Waals surface area contributed by atoms with Crippen LogP contribution in [0.3, 0.4) is 0 Å². The topological polar surface area (TPSA) is 79.5 Å². The maximum absolute atomic E-state index is 12.2. The Morgan fingerprint density at radius 2 is 1.86 bits per heavy atom. The molecule has 1 aromatic rings. The molecule has 0 aliphatic rings. The Hall–Kier alpha value is -2.08. The smallest absolute Gasteiger partial charge is 0.316 e. The molecule has 0 aliphatic carbocycles. The molecule has 1 aromatic carbocycles. The number of amides is 3. The number of urea groups is 1. The highest BCUT2D eigenvalue weighted by Gasteiger charge is 2.25. The predicted octanol–water partition coefficient (Wildman–Crippen LogP) is 1.59. The second-order valence-electron chi connectivity index (χ2n) is 5.58. The van der Waals surface area contributed by atoms with Gasteiger partial charge in [0.05, 0.1) is 12.1 Å². The molecular formula is C16H25N3O3. The molecule has 1 rings (SSSR count). The molecular weight excluding hydrogens is 282 g/mol. The Kier molecular flexibility index (Phi) is 6.85. The number of carbonyl (C=O) groups excluding carboxylic acids is 2. The molecule has 6 heteroatoms. The predicted molar refractivity (Wildman–Crippen MR) is 85.5 cm³/mol. The second-order valence-corrected chi connectivity index (χ2v) is 5.58. The number of ether oxygens (including phenoxy) is 1. The number of carbonyl (C=O) groups is 2. The molecule has 1 unspecified atom stereocenters. The highest BCUT2D eigenvalue weighted by Crippen LogP contribution is 2.13. The van der Waals surface area contributed by atoms with Crippen molar-refractivity contribution in [1.82, 2.24) is 16.0 Å². The molecule has 0 heterocycles. The van der Waals surface area contributed by atoms with Crippen molar-refractivity contribution in [1.29, 1.82) is 0 Å². The third kappa shape index (κ3) is 5.73. The SMILES string of the molecule is CCOCC(C)(C)NC(=O)NC(C(=O)NC)c1ccccc1. The van der Waals surface area contributed by atoms with E-state index in [0.29, 0.717) is 13.2 Å². The number of likely N-dealkylation sites (N-methyl/N-ethyl adjacent to an activating group) is 1. The largest absolute Gasteiger partial charge is 0.379 e. The zero-order chi connectivity index (χ0) is 16.6. The number of nitrogens with one attached hydrogen (secondary N) is 3. The second kappa shape index (κ2) is 8.38. The lowest BCUT2D eigenvalue weighted by atomic mass is 10.1. The quantitative estimate of drug-likeness (QED) is 0.715. The Morgan fingerprint density at radius 1 is 1.23 bits per heavy atom. The fourth-order valence-electron chi connectivity index (χ4n) is 1.96. The van der Waals surface area contributed by atoms with Crippen molar-refractivity contribution in [3.8, 4) is 0 Å². The van der Waals surface area contributed by atoms with Crippen molar-refractivity contribution in [2.24, 2.45) is 0 Å². The summed E-state index contributed by atoms with van der Waals surface area (Å²) in [6, 6.07) is 7.94. The molecule has 122 valence electrons. The molecule has 0 saturated heterocycles. The Morgan fingerprint density at radius 3 is 2.41 bits per heavy atom. The van der Waals surface area contributed by atoms with Gasteiger partial charge in [0.1, 0.15) is 6.04 Å². The van der Waals surface area contributed by atoms with Crippen molar-refractivity contribution in [2.75, 3.05) is 20.3 Å². The lowest BCUT2D eigenvalue weighted by Crippen LogP contribution is -2.53. The molecule has 6 nitrogen and oxygen atoms in total. The highest BCUT2D eigenvalue weighted by atomic mass is 16.5. The van der Waals surface area contributed by atoms with Crippen molar-refractivity contribution < 1.29 is 14.3 Å². The Balaban J connectivity index is 2.74. The normalized spacial score (nSPS) is 12.4. The molecule has 0 aliphatic heterocycles. The zero-order valence-electron chi connectivity index (χ0n) is 13.6. The van der Waals surface area contributed by atoms with Crippen LogP contribution >= 0.6 is 0 Å². The molecule has 3 amide bonds. The van der Waals surface area contributed by atoms with Crippen LogP contribution in [-0.2, 0) is 9.53 Å². The first-order valence-electron chi connectivity index (χ1n) is 7.32. The monoisotopic (exact) mass is 307 g/mol. The molecule has 22 heavy (non-hydrogen) atoms.